The van der Waals surface area contributed by atoms with Gasteiger partial charge in [-0.15, -0.1) is 0 Å². The van der Waals surface area contributed by atoms with Crippen LogP contribution in [-0.2, 0) is 19.0 Å². The van der Waals surface area contributed by atoms with Crippen molar-refractivity contribution in [1.29, 1.82) is 0 Å². The maximum absolute atomic E-state index is 13.5. The molecule has 0 radical (unpaired) electrons. The zero-order valence-electron chi connectivity index (χ0n) is 25.7. The number of benzene rings is 1. The van der Waals surface area contributed by atoms with Crippen molar-refractivity contribution in [1.82, 2.24) is 0 Å². The summed E-state index contributed by atoms with van der Waals surface area (Å²) in [5.41, 5.74) is 3.64. The number of methoxy groups -OCH3 is 1. The van der Waals surface area contributed by atoms with Gasteiger partial charge in [0.2, 0.25) is 12.2 Å². The lowest BCUT2D eigenvalue weighted by molar-refractivity contribution is -0.194. The lowest BCUT2D eigenvalue weighted by Crippen LogP contribution is -2.48. The van der Waals surface area contributed by atoms with Gasteiger partial charge in [0.05, 0.1) is 18.1 Å². The molecule has 12 heteroatoms. The highest BCUT2D eigenvalue weighted by atomic mass is 16.7. The Morgan fingerprint density at radius 2 is 1.84 bits per heavy atom. The first-order chi connectivity index (χ1) is 20.2. The zero-order chi connectivity index (χ0) is 31.6. The van der Waals surface area contributed by atoms with Crippen LogP contribution >= 0.6 is 0 Å². The number of fused-ring (bicyclic) bond motifs is 3. The Hall–Kier alpha value is -3.35. The largest absolute Gasteiger partial charge is 0.505 e. The van der Waals surface area contributed by atoms with Crippen molar-refractivity contribution in [2.75, 3.05) is 19.0 Å². The summed E-state index contributed by atoms with van der Waals surface area (Å²) in [5, 5.41) is 24.9. The Kier molecular flexibility index (Phi) is 9.93. The summed E-state index contributed by atoms with van der Waals surface area (Å²) in [7, 11) is 1.36. The lowest BCUT2D eigenvalue weighted by atomic mass is 9.59. The molecular formula is C31H44N2O10. The van der Waals surface area contributed by atoms with E-state index < -0.39 is 47.5 Å². The molecule has 0 spiro atoms. The van der Waals surface area contributed by atoms with Crippen LogP contribution in [0.15, 0.2) is 21.3 Å². The molecule has 12 nitrogen and oxygen atoms in total. The number of nitrogens with two attached hydrogens (primary N) is 1. The number of aliphatic hydroxyl groups is 1. The fourth-order valence-corrected chi connectivity index (χ4v) is 6.91. The molecule has 2 aromatic rings. The van der Waals surface area contributed by atoms with Crippen LogP contribution in [0, 0.1) is 30.1 Å². The van der Waals surface area contributed by atoms with Gasteiger partial charge in [-0.25, -0.2) is 9.59 Å². The molecule has 2 aliphatic rings. The highest BCUT2D eigenvalue weighted by Crippen LogP contribution is 2.50. The molecule has 2 amide bonds. The third-order valence-corrected chi connectivity index (χ3v) is 8.56. The Balaban J connectivity index is 1.60. The summed E-state index contributed by atoms with van der Waals surface area (Å²) in [6, 6.07) is 2.99. The summed E-state index contributed by atoms with van der Waals surface area (Å²) < 4.78 is 27.3. The molecule has 2 bridgehead atoms. The number of carbonyl (C=O) groups is 2. The maximum atomic E-state index is 13.5. The number of aryl methyl sites for hydroxylation is 1. The highest BCUT2D eigenvalue weighted by Gasteiger charge is 2.45. The fraction of sp³-hybridized carbons (Fsp3) is 0.645. The molecule has 5 atom stereocenters. The Bertz CT molecular complexity index is 1370. The van der Waals surface area contributed by atoms with Crippen molar-refractivity contribution in [3.8, 4) is 11.5 Å². The van der Waals surface area contributed by atoms with Crippen LogP contribution in [-0.4, -0.2) is 60.5 Å². The van der Waals surface area contributed by atoms with Gasteiger partial charge >= 0.3 is 11.7 Å². The topological polar surface area (TPSA) is 180 Å². The molecule has 2 aliphatic carbocycles. The number of ether oxygens (including phenoxy) is 4. The minimum Gasteiger partial charge on any atom is -0.505 e. The number of primary amides is 1. The minimum absolute atomic E-state index is 0.0324. The van der Waals surface area contributed by atoms with Crippen molar-refractivity contribution in [3.05, 3.63) is 28.1 Å². The summed E-state index contributed by atoms with van der Waals surface area (Å²) in [5.74, 6) is 1.04. The Labute approximate surface area is 250 Å². The monoisotopic (exact) mass is 604 g/mol. The number of aliphatic hydroxyl groups excluding tert-OH is 1. The van der Waals surface area contributed by atoms with Crippen LogP contribution in [0.3, 0.4) is 0 Å². The van der Waals surface area contributed by atoms with Crippen LogP contribution in [0.2, 0.25) is 0 Å². The molecule has 0 saturated heterocycles. The third kappa shape index (κ3) is 7.25. The predicted molar refractivity (Wildman–Crippen MR) is 158 cm³/mol. The van der Waals surface area contributed by atoms with Gasteiger partial charge in [0.15, 0.2) is 23.6 Å². The number of rotatable bonds is 11. The standard InChI is InChI=1S/C31H44N2O10/c1-15(2)40-28(25(35)22(14-39-6)42-30(32)38)41-21-8-7-20-24(34)23(27(36)43-26(20)17(21)4)33-29(37)31(5)12-18-9-16(3)10-19(11-18)13-31/h7-8,15-16,18-19,22,25,28,34-35H,9-14H2,1-6H3,(H2,32,38)(H,33,37)/t16?,18?,19?,22-,25?,28?,31?/m0/s1. The van der Waals surface area contributed by atoms with E-state index in [1.807, 2.05) is 6.92 Å². The van der Waals surface area contributed by atoms with E-state index >= 15 is 0 Å². The van der Waals surface area contributed by atoms with Gasteiger partial charge in [-0.3, -0.25) is 4.79 Å². The smallest absolute Gasteiger partial charge is 0.404 e. The van der Waals surface area contributed by atoms with Crippen molar-refractivity contribution >= 4 is 28.7 Å². The molecule has 4 unspecified atom stereocenters. The van der Waals surface area contributed by atoms with Gasteiger partial charge in [-0.2, -0.15) is 0 Å². The maximum Gasteiger partial charge on any atom is 0.404 e. The molecule has 238 valence electrons. The number of aromatic hydroxyl groups is 1. The van der Waals surface area contributed by atoms with Gasteiger partial charge in [-0.05, 0) is 82.8 Å². The van der Waals surface area contributed by atoms with Gasteiger partial charge in [-0.1, -0.05) is 13.8 Å². The number of amides is 2. The van der Waals surface area contributed by atoms with E-state index in [-0.39, 0.29) is 34.9 Å². The summed E-state index contributed by atoms with van der Waals surface area (Å²) in [6.45, 7) is 9.06. The van der Waals surface area contributed by atoms with Gasteiger partial charge in [0.1, 0.15) is 11.3 Å². The molecule has 1 aromatic heterocycles. The quantitative estimate of drug-likeness (QED) is 0.214. The molecule has 0 aliphatic heterocycles. The molecule has 43 heavy (non-hydrogen) atoms. The number of hydrogen-bond donors (Lipinski definition) is 4. The van der Waals surface area contributed by atoms with Crippen LogP contribution < -0.4 is 21.4 Å². The number of anilines is 1. The number of carbonyl (C=O) groups excluding carboxylic acids is 2. The van der Waals surface area contributed by atoms with E-state index in [4.69, 9.17) is 29.1 Å². The predicted octanol–water partition coefficient (Wildman–Crippen LogP) is 4.20. The molecular weight excluding hydrogens is 560 g/mol. The Morgan fingerprint density at radius 3 is 2.42 bits per heavy atom. The van der Waals surface area contributed by atoms with E-state index in [2.05, 4.69) is 12.2 Å². The molecule has 5 N–H and O–H groups in total. The molecule has 2 saturated carbocycles. The second kappa shape index (κ2) is 13.1. The summed E-state index contributed by atoms with van der Waals surface area (Å²) in [4.78, 5) is 38.0. The average molecular weight is 605 g/mol. The molecule has 4 rings (SSSR count). The second-order valence-corrected chi connectivity index (χ2v) is 12.7. The minimum atomic E-state index is -1.51. The SMILES string of the molecule is COC[C@H](OC(N)=O)C(O)C(Oc1ccc2c(O)c(NC(=O)C3(C)CC4CC(C)CC(C4)C3)c(=O)oc2c1C)OC(C)C. The van der Waals surface area contributed by atoms with Crippen molar-refractivity contribution in [3.63, 3.8) is 0 Å². The number of nitrogens with one attached hydrogen (secondary N) is 1. The highest BCUT2D eigenvalue weighted by molar-refractivity contribution is 6.00. The van der Waals surface area contributed by atoms with E-state index in [0.29, 0.717) is 23.3 Å². The van der Waals surface area contributed by atoms with Crippen LogP contribution in [0.5, 0.6) is 11.5 Å². The third-order valence-electron chi connectivity index (χ3n) is 8.56. The molecule has 2 fully saturated rings. The first-order valence-electron chi connectivity index (χ1n) is 14.8. The lowest BCUT2D eigenvalue weighted by Gasteiger charge is -2.46. The normalized spacial score (nSPS) is 25.6. The van der Waals surface area contributed by atoms with Crippen molar-refractivity contribution < 1.29 is 43.2 Å². The van der Waals surface area contributed by atoms with E-state index in [9.17, 15) is 24.6 Å². The van der Waals surface area contributed by atoms with Crippen molar-refractivity contribution in [2.24, 2.45) is 28.9 Å². The van der Waals surface area contributed by atoms with Crippen LogP contribution in [0.4, 0.5) is 10.5 Å². The molecule has 1 aromatic carbocycles. The van der Waals surface area contributed by atoms with E-state index in [1.165, 1.54) is 19.2 Å². The van der Waals surface area contributed by atoms with E-state index in [1.54, 1.807) is 20.8 Å². The fourth-order valence-electron chi connectivity index (χ4n) is 6.91. The first-order valence-corrected chi connectivity index (χ1v) is 14.8. The zero-order valence-corrected chi connectivity index (χ0v) is 25.7. The average Bonchev–Trinajstić information content (AvgIpc) is 2.90. The van der Waals surface area contributed by atoms with Crippen molar-refractivity contribution in [2.45, 2.75) is 91.3 Å². The summed E-state index contributed by atoms with van der Waals surface area (Å²) in [6.07, 6.45) is -0.767. The van der Waals surface area contributed by atoms with Crippen LogP contribution in [0.1, 0.15) is 65.4 Å². The summed E-state index contributed by atoms with van der Waals surface area (Å²) >= 11 is 0. The molecule has 1 heterocycles. The number of hydrogen-bond acceptors (Lipinski definition) is 10. The van der Waals surface area contributed by atoms with Gasteiger partial charge in [0, 0.05) is 18.1 Å². The van der Waals surface area contributed by atoms with E-state index in [0.717, 1.165) is 32.1 Å². The van der Waals surface area contributed by atoms with Crippen LogP contribution in [0.25, 0.3) is 11.0 Å². The Morgan fingerprint density at radius 1 is 1.19 bits per heavy atom. The van der Waals surface area contributed by atoms with Gasteiger partial charge in [0.25, 0.3) is 0 Å². The second-order valence-electron chi connectivity index (χ2n) is 12.7. The van der Waals surface area contributed by atoms with Gasteiger partial charge < -0.3 is 44.6 Å². The first kappa shape index (κ1) is 32.6.